The first-order valence-electron chi connectivity index (χ1n) is 12.7. The van der Waals surface area contributed by atoms with E-state index in [0.717, 1.165) is 43.7 Å². The molecule has 37 heavy (non-hydrogen) atoms. The number of halogens is 1. The molecule has 0 saturated heterocycles. The number of esters is 1. The molecule has 6 heteroatoms. The van der Waals surface area contributed by atoms with Crippen LogP contribution in [0.5, 0.6) is 5.75 Å². The van der Waals surface area contributed by atoms with Crippen molar-refractivity contribution in [3.05, 3.63) is 106 Å². The number of nitrogens with zero attached hydrogens (tertiary/aromatic N) is 1. The molecular formula is C31H31ClN2O3. The molecule has 5 rings (SSSR count). The fourth-order valence-corrected chi connectivity index (χ4v) is 5.29. The van der Waals surface area contributed by atoms with Crippen LogP contribution < -0.4 is 4.74 Å². The molecule has 0 bridgehead atoms. The van der Waals surface area contributed by atoms with Gasteiger partial charge in [-0.15, -0.1) is 0 Å². The summed E-state index contributed by atoms with van der Waals surface area (Å²) in [4.78, 5) is 17.4. The molecule has 1 aliphatic rings. The first kappa shape index (κ1) is 25.1. The van der Waals surface area contributed by atoms with E-state index in [1.807, 2.05) is 30.3 Å². The Kier molecular flexibility index (Phi) is 7.93. The molecule has 190 valence electrons. The summed E-state index contributed by atoms with van der Waals surface area (Å²) in [5, 5.41) is 1.99. The molecule has 4 aromatic rings. The molecule has 0 radical (unpaired) electrons. The molecular weight excluding hydrogens is 484 g/mol. The van der Waals surface area contributed by atoms with Crippen molar-refractivity contribution in [3.8, 4) is 5.75 Å². The number of carbonyl (C=O) groups excluding carboxylic acids is 1. The number of aromatic amines is 1. The number of H-pyrrole nitrogens is 1. The minimum absolute atomic E-state index is 0.327. The zero-order valence-electron chi connectivity index (χ0n) is 21.0. The van der Waals surface area contributed by atoms with Crippen LogP contribution in [0.3, 0.4) is 0 Å². The molecule has 1 atom stereocenters. The monoisotopic (exact) mass is 514 g/mol. The summed E-state index contributed by atoms with van der Waals surface area (Å²) in [5.41, 5.74) is 6.23. The summed E-state index contributed by atoms with van der Waals surface area (Å²) in [6.45, 7) is 2.35. The summed E-state index contributed by atoms with van der Waals surface area (Å²) in [6.07, 6.45) is 8.45. The number of hydrogen-bond acceptors (Lipinski definition) is 4. The second kappa shape index (κ2) is 11.7. The number of aryl methyl sites for hydroxylation is 1. The predicted octanol–water partition coefficient (Wildman–Crippen LogP) is 6.62. The molecule has 1 aromatic heterocycles. The highest BCUT2D eigenvalue weighted by Crippen LogP contribution is 2.37. The standard InChI is InChI=1S/C31H31ClN2O3/c1-36-31(35)15-7-22-6-13-28-23(20-22)8-14-30(28)34(18-19-37-26-11-9-25(32)10-12-26)17-16-24-21-33-29-5-3-2-4-27(24)29/h2-7,9-13,15,20-21,30,33H,8,14,16-19H2,1H3/b15-7+. The Morgan fingerprint density at radius 3 is 2.78 bits per heavy atom. The molecule has 3 aromatic carbocycles. The van der Waals surface area contributed by atoms with E-state index in [0.29, 0.717) is 17.7 Å². The second-order valence-corrected chi connectivity index (χ2v) is 9.75. The number of nitrogens with one attached hydrogen (secondary N) is 1. The lowest BCUT2D eigenvalue weighted by atomic mass is 10.0. The van der Waals surface area contributed by atoms with E-state index in [1.165, 1.54) is 40.8 Å². The van der Waals surface area contributed by atoms with Crippen LogP contribution in [0.25, 0.3) is 17.0 Å². The van der Waals surface area contributed by atoms with Crippen molar-refractivity contribution in [2.75, 3.05) is 26.8 Å². The molecule has 0 fully saturated rings. The molecule has 0 saturated carbocycles. The van der Waals surface area contributed by atoms with Gasteiger partial charge in [-0.05, 0) is 77.9 Å². The van der Waals surface area contributed by atoms with Gasteiger partial charge in [0.25, 0.3) is 0 Å². The van der Waals surface area contributed by atoms with Crippen LogP contribution in [-0.2, 0) is 22.4 Å². The number of aromatic nitrogens is 1. The van der Waals surface area contributed by atoms with Gasteiger partial charge < -0.3 is 14.5 Å². The minimum Gasteiger partial charge on any atom is -0.492 e. The lowest BCUT2D eigenvalue weighted by molar-refractivity contribution is -0.134. The van der Waals surface area contributed by atoms with Gasteiger partial charge in [0.05, 0.1) is 7.11 Å². The van der Waals surface area contributed by atoms with Gasteiger partial charge in [0.1, 0.15) is 12.4 Å². The summed E-state index contributed by atoms with van der Waals surface area (Å²) in [7, 11) is 1.39. The van der Waals surface area contributed by atoms with E-state index in [4.69, 9.17) is 21.1 Å². The zero-order chi connectivity index (χ0) is 25.6. The van der Waals surface area contributed by atoms with Gasteiger partial charge in [0, 0.05) is 47.3 Å². The van der Waals surface area contributed by atoms with Crippen LogP contribution >= 0.6 is 11.6 Å². The Morgan fingerprint density at radius 2 is 1.95 bits per heavy atom. The molecule has 0 spiro atoms. The van der Waals surface area contributed by atoms with Crippen LogP contribution in [-0.4, -0.2) is 42.7 Å². The number of rotatable bonds is 10. The maximum absolute atomic E-state index is 11.5. The number of para-hydroxylation sites is 1. The van der Waals surface area contributed by atoms with Crippen molar-refractivity contribution in [3.63, 3.8) is 0 Å². The maximum Gasteiger partial charge on any atom is 0.330 e. The maximum atomic E-state index is 11.5. The summed E-state index contributed by atoms with van der Waals surface area (Å²) < 4.78 is 10.8. The molecule has 1 heterocycles. The molecule has 1 N–H and O–H groups in total. The minimum atomic E-state index is -0.345. The first-order valence-corrected chi connectivity index (χ1v) is 13.0. The number of ether oxygens (including phenoxy) is 2. The molecule has 1 aliphatic carbocycles. The van der Waals surface area contributed by atoms with E-state index < -0.39 is 0 Å². The Hall–Kier alpha value is -3.54. The predicted molar refractivity (Wildman–Crippen MR) is 149 cm³/mol. The second-order valence-electron chi connectivity index (χ2n) is 9.32. The van der Waals surface area contributed by atoms with Gasteiger partial charge in [-0.25, -0.2) is 4.79 Å². The van der Waals surface area contributed by atoms with Gasteiger partial charge in [0.2, 0.25) is 0 Å². The smallest absolute Gasteiger partial charge is 0.330 e. The van der Waals surface area contributed by atoms with E-state index >= 15 is 0 Å². The SMILES string of the molecule is COC(=O)/C=C/c1ccc2c(c1)CCC2N(CCOc1ccc(Cl)cc1)CCc1c[nH]c2ccccc12. The number of fused-ring (bicyclic) bond motifs is 2. The number of benzene rings is 3. The fourth-order valence-electron chi connectivity index (χ4n) is 5.17. The van der Waals surface area contributed by atoms with Crippen molar-refractivity contribution in [2.45, 2.75) is 25.3 Å². The highest BCUT2D eigenvalue weighted by atomic mass is 35.5. The molecule has 0 aliphatic heterocycles. The van der Waals surface area contributed by atoms with Crippen molar-refractivity contribution in [1.82, 2.24) is 9.88 Å². The normalized spacial score (nSPS) is 14.9. The quantitative estimate of drug-likeness (QED) is 0.191. The third-order valence-electron chi connectivity index (χ3n) is 7.07. The van der Waals surface area contributed by atoms with Crippen LogP contribution in [0.2, 0.25) is 5.02 Å². The van der Waals surface area contributed by atoms with Crippen LogP contribution in [0.15, 0.2) is 79.0 Å². The number of methoxy groups -OCH3 is 1. The Morgan fingerprint density at radius 1 is 1.11 bits per heavy atom. The number of carbonyl (C=O) groups is 1. The van der Waals surface area contributed by atoms with E-state index in [1.54, 1.807) is 0 Å². The van der Waals surface area contributed by atoms with E-state index in [-0.39, 0.29) is 5.97 Å². The fraction of sp³-hybridized carbons (Fsp3) is 0.258. The van der Waals surface area contributed by atoms with Gasteiger partial charge in [-0.3, -0.25) is 4.90 Å². The average Bonchev–Trinajstić information content (AvgIpc) is 3.54. The molecule has 1 unspecified atom stereocenters. The van der Waals surface area contributed by atoms with Gasteiger partial charge >= 0.3 is 5.97 Å². The number of hydrogen-bond donors (Lipinski definition) is 1. The molecule has 5 nitrogen and oxygen atoms in total. The molecule has 0 amide bonds. The van der Waals surface area contributed by atoms with Crippen molar-refractivity contribution in [1.29, 1.82) is 0 Å². The lowest BCUT2D eigenvalue weighted by Crippen LogP contribution is -2.33. The topological polar surface area (TPSA) is 54.6 Å². The van der Waals surface area contributed by atoms with E-state index in [2.05, 4.69) is 58.5 Å². The van der Waals surface area contributed by atoms with E-state index in [9.17, 15) is 4.79 Å². The zero-order valence-corrected chi connectivity index (χ0v) is 21.7. The Labute approximate surface area is 222 Å². The first-order chi connectivity index (χ1) is 18.1. The summed E-state index contributed by atoms with van der Waals surface area (Å²) >= 11 is 6.02. The Balaban J connectivity index is 1.32. The van der Waals surface area contributed by atoms with Gasteiger partial charge in [-0.1, -0.05) is 48.0 Å². The highest BCUT2D eigenvalue weighted by Gasteiger charge is 2.28. The van der Waals surface area contributed by atoms with Gasteiger partial charge in [0.15, 0.2) is 0 Å². The van der Waals surface area contributed by atoms with Crippen LogP contribution in [0.4, 0.5) is 0 Å². The summed E-state index contributed by atoms with van der Waals surface area (Å²) in [6, 6.07) is 22.8. The van der Waals surface area contributed by atoms with Crippen LogP contribution in [0, 0.1) is 0 Å². The Bertz CT molecular complexity index is 1390. The van der Waals surface area contributed by atoms with Crippen molar-refractivity contribution >= 4 is 34.5 Å². The van der Waals surface area contributed by atoms with Crippen molar-refractivity contribution < 1.29 is 14.3 Å². The van der Waals surface area contributed by atoms with Crippen LogP contribution in [0.1, 0.15) is 34.7 Å². The largest absolute Gasteiger partial charge is 0.492 e. The van der Waals surface area contributed by atoms with Crippen molar-refractivity contribution in [2.24, 2.45) is 0 Å². The third-order valence-corrected chi connectivity index (χ3v) is 7.32. The van der Waals surface area contributed by atoms with Gasteiger partial charge in [-0.2, -0.15) is 0 Å². The third kappa shape index (κ3) is 6.07. The highest BCUT2D eigenvalue weighted by molar-refractivity contribution is 6.30. The average molecular weight is 515 g/mol. The lowest BCUT2D eigenvalue weighted by Gasteiger charge is -2.29. The summed E-state index contributed by atoms with van der Waals surface area (Å²) in [5.74, 6) is 0.484.